The van der Waals surface area contributed by atoms with Gasteiger partial charge in [0.1, 0.15) is 0 Å². The van der Waals surface area contributed by atoms with Crippen molar-refractivity contribution in [3.05, 3.63) is 29.8 Å². The van der Waals surface area contributed by atoms with E-state index in [0.29, 0.717) is 18.4 Å². The number of hydrogen-bond acceptors (Lipinski definition) is 3. The normalized spacial score (nSPS) is 29.8. The standard InChI is InChI=1S/C19H26N2O2/c1-15-4-2-3-5-17(15)21-14-19(12-18(21)22)8-9-20(13-19)16-6-10-23-11-7-16/h2-5,16H,6-14H2,1H3/t19-/m1/s1. The molecule has 3 aliphatic rings. The third-order valence-electron chi connectivity index (χ3n) is 5.90. The first-order chi connectivity index (χ1) is 11.2. The highest BCUT2D eigenvalue weighted by molar-refractivity contribution is 5.97. The lowest BCUT2D eigenvalue weighted by Gasteiger charge is -2.32. The van der Waals surface area contributed by atoms with Crippen LogP contribution < -0.4 is 4.90 Å². The van der Waals surface area contributed by atoms with Gasteiger partial charge in [-0.05, 0) is 44.4 Å². The van der Waals surface area contributed by atoms with Crippen molar-refractivity contribution in [1.82, 2.24) is 4.90 Å². The Kier molecular flexibility index (Phi) is 3.90. The van der Waals surface area contributed by atoms with E-state index >= 15 is 0 Å². The van der Waals surface area contributed by atoms with E-state index in [0.717, 1.165) is 57.8 Å². The van der Waals surface area contributed by atoms with Gasteiger partial charge >= 0.3 is 0 Å². The molecule has 3 saturated heterocycles. The summed E-state index contributed by atoms with van der Waals surface area (Å²) in [7, 11) is 0. The van der Waals surface area contributed by atoms with Crippen molar-refractivity contribution in [2.45, 2.75) is 38.6 Å². The number of para-hydroxylation sites is 1. The number of amides is 1. The maximum Gasteiger partial charge on any atom is 0.227 e. The van der Waals surface area contributed by atoms with E-state index in [1.165, 1.54) is 5.56 Å². The smallest absolute Gasteiger partial charge is 0.227 e. The number of likely N-dealkylation sites (tertiary alicyclic amines) is 1. The van der Waals surface area contributed by atoms with Gasteiger partial charge < -0.3 is 9.64 Å². The molecule has 3 fully saturated rings. The fourth-order valence-electron chi connectivity index (χ4n) is 4.59. The molecule has 4 rings (SSSR count). The van der Waals surface area contributed by atoms with Gasteiger partial charge in [0, 0.05) is 49.9 Å². The number of aryl methyl sites for hydroxylation is 1. The first-order valence-electron chi connectivity index (χ1n) is 8.85. The van der Waals surface area contributed by atoms with Crippen LogP contribution in [0.1, 0.15) is 31.2 Å². The first kappa shape index (κ1) is 15.2. The van der Waals surface area contributed by atoms with Gasteiger partial charge in [0.25, 0.3) is 0 Å². The zero-order valence-electron chi connectivity index (χ0n) is 14.0. The third-order valence-corrected chi connectivity index (χ3v) is 5.90. The van der Waals surface area contributed by atoms with Crippen LogP contribution in [0.2, 0.25) is 0 Å². The molecule has 23 heavy (non-hydrogen) atoms. The molecule has 0 aliphatic carbocycles. The Labute approximate surface area is 138 Å². The van der Waals surface area contributed by atoms with Gasteiger partial charge in [-0.1, -0.05) is 18.2 Å². The van der Waals surface area contributed by atoms with Gasteiger partial charge in [-0.25, -0.2) is 0 Å². The second-order valence-electron chi connectivity index (χ2n) is 7.51. The van der Waals surface area contributed by atoms with Crippen LogP contribution in [-0.4, -0.2) is 49.7 Å². The average molecular weight is 314 g/mol. The van der Waals surface area contributed by atoms with Crippen LogP contribution in [0, 0.1) is 12.3 Å². The molecule has 1 atom stereocenters. The van der Waals surface area contributed by atoms with Crippen LogP contribution in [0.4, 0.5) is 5.69 Å². The number of benzene rings is 1. The van der Waals surface area contributed by atoms with E-state index < -0.39 is 0 Å². The topological polar surface area (TPSA) is 32.8 Å². The summed E-state index contributed by atoms with van der Waals surface area (Å²) in [6.45, 7) is 6.98. The summed E-state index contributed by atoms with van der Waals surface area (Å²) in [4.78, 5) is 17.3. The summed E-state index contributed by atoms with van der Waals surface area (Å²) in [5.41, 5.74) is 2.45. The highest BCUT2D eigenvalue weighted by Gasteiger charge is 2.49. The van der Waals surface area contributed by atoms with Gasteiger partial charge in [-0.2, -0.15) is 0 Å². The Morgan fingerprint density at radius 3 is 2.74 bits per heavy atom. The van der Waals surface area contributed by atoms with E-state index in [9.17, 15) is 4.79 Å². The van der Waals surface area contributed by atoms with Crippen molar-refractivity contribution in [2.75, 3.05) is 37.7 Å². The van der Waals surface area contributed by atoms with E-state index in [-0.39, 0.29) is 5.41 Å². The predicted molar refractivity (Wildman–Crippen MR) is 90.6 cm³/mol. The summed E-state index contributed by atoms with van der Waals surface area (Å²) in [5.74, 6) is 0.299. The van der Waals surface area contributed by atoms with E-state index in [1.807, 2.05) is 17.0 Å². The molecule has 0 saturated carbocycles. The molecular formula is C19H26N2O2. The minimum Gasteiger partial charge on any atom is -0.381 e. The van der Waals surface area contributed by atoms with E-state index in [4.69, 9.17) is 4.74 Å². The SMILES string of the molecule is Cc1ccccc1N1C[C@]2(CCN(C3CCOCC3)C2)CC1=O. The van der Waals surface area contributed by atoms with E-state index in [2.05, 4.69) is 24.0 Å². The number of carbonyl (C=O) groups excluding carboxylic acids is 1. The van der Waals surface area contributed by atoms with Gasteiger partial charge in [-0.3, -0.25) is 9.69 Å². The van der Waals surface area contributed by atoms with Gasteiger partial charge in [0.2, 0.25) is 5.91 Å². The number of hydrogen-bond donors (Lipinski definition) is 0. The van der Waals surface area contributed by atoms with Gasteiger partial charge in [0.15, 0.2) is 0 Å². The molecule has 3 heterocycles. The molecule has 0 unspecified atom stereocenters. The average Bonchev–Trinajstić information content (AvgIpc) is 3.12. The fourth-order valence-corrected chi connectivity index (χ4v) is 4.59. The van der Waals surface area contributed by atoms with Crippen molar-refractivity contribution >= 4 is 11.6 Å². The van der Waals surface area contributed by atoms with Crippen LogP contribution >= 0.6 is 0 Å². The van der Waals surface area contributed by atoms with Gasteiger partial charge in [-0.15, -0.1) is 0 Å². The second kappa shape index (κ2) is 5.91. The summed E-state index contributed by atoms with van der Waals surface area (Å²) >= 11 is 0. The molecule has 0 N–H and O–H groups in total. The monoisotopic (exact) mass is 314 g/mol. The molecule has 0 bridgehead atoms. The molecule has 1 amide bonds. The number of ether oxygens (including phenoxy) is 1. The number of carbonyl (C=O) groups is 1. The molecule has 4 heteroatoms. The minimum absolute atomic E-state index is 0.164. The largest absolute Gasteiger partial charge is 0.381 e. The van der Waals surface area contributed by atoms with Crippen molar-refractivity contribution in [3.8, 4) is 0 Å². The van der Waals surface area contributed by atoms with Gasteiger partial charge in [0.05, 0.1) is 0 Å². The zero-order valence-corrected chi connectivity index (χ0v) is 14.0. The molecule has 1 aromatic carbocycles. The predicted octanol–water partition coefficient (Wildman–Crippen LogP) is 2.60. The lowest BCUT2D eigenvalue weighted by atomic mass is 9.86. The Hall–Kier alpha value is -1.39. The summed E-state index contributed by atoms with van der Waals surface area (Å²) in [5, 5.41) is 0. The lowest BCUT2D eigenvalue weighted by Crippen LogP contribution is -2.40. The van der Waals surface area contributed by atoms with Crippen LogP contribution in [-0.2, 0) is 9.53 Å². The van der Waals surface area contributed by atoms with Crippen molar-refractivity contribution < 1.29 is 9.53 Å². The Balaban J connectivity index is 1.49. The molecule has 0 aromatic heterocycles. The van der Waals surface area contributed by atoms with Crippen molar-refractivity contribution in [3.63, 3.8) is 0 Å². The fraction of sp³-hybridized carbons (Fsp3) is 0.632. The quantitative estimate of drug-likeness (QED) is 0.841. The summed E-state index contributed by atoms with van der Waals surface area (Å²) < 4.78 is 5.49. The molecular weight excluding hydrogens is 288 g/mol. The number of anilines is 1. The van der Waals surface area contributed by atoms with Crippen LogP contribution in [0.3, 0.4) is 0 Å². The van der Waals surface area contributed by atoms with E-state index in [1.54, 1.807) is 0 Å². The first-order valence-corrected chi connectivity index (χ1v) is 8.85. The lowest BCUT2D eigenvalue weighted by molar-refractivity contribution is -0.117. The van der Waals surface area contributed by atoms with Crippen LogP contribution in [0.5, 0.6) is 0 Å². The minimum atomic E-state index is 0.164. The summed E-state index contributed by atoms with van der Waals surface area (Å²) in [6.07, 6.45) is 4.15. The summed E-state index contributed by atoms with van der Waals surface area (Å²) in [6, 6.07) is 8.90. The highest BCUT2D eigenvalue weighted by atomic mass is 16.5. The Morgan fingerprint density at radius 1 is 1.17 bits per heavy atom. The molecule has 1 spiro atoms. The maximum absolute atomic E-state index is 12.7. The Bertz CT molecular complexity index is 597. The van der Waals surface area contributed by atoms with Crippen molar-refractivity contribution in [2.24, 2.45) is 5.41 Å². The molecule has 0 radical (unpaired) electrons. The molecule has 3 aliphatic heterocycles. The Morgan fingerprint density at radius 2 is 1.96 bits per heavy atom. The second-order valence-corrected chi connectivity index (χ2v) is 7.51. The highest BCUT2D eigenvalue weighted by Crippen LogP contribution is 2.43. The molecule has 124 valence electrons. The van der Waals surface area contributed by atoms with Crippen molar-refractivity contribution in [1.29, 1.82) is 0 Å². The maximum atomic E-state index is 12.7. The third kappa shape index (κ3) is 2.79. The van der Waals surface area contributed by atoms with Crippen LogP contribution in [0.15, 0.2) is 24.3 Å². The number of rotatable bonds is 2. The number of nitrogens with zero attached hydrogens (tertiary/aromatic N) is 2. The molecule has 4 nitrogen and oxygen atoms in total. The zero-order chi connectivity index (χ0) is 15.9. The van der Waals surface area contributed by atoms with Crippen LogP contribution in [0.25, 0.3) is 0 Å². The molecule has 1 aromatic rings.